The average Bonchev–Trinajstić information content (AvgIpc) is 2.72. The van der Waals surface area contributed by atoms with Crippen LogP contribution in [0.15, 0.2) is 23.1 Å². The monoisotopic (exact) mass is 285 g/mol. The minimum Gasteiger partial charge on any atom is -0.397 e. The van der Waals surface area contributed by atoms with Crippen LogP contribution >= 0.6 is 0 Å². The van der Waals surface area contributed by atoms with E-state index in [4.69, 9.17) is 10.9 Å². The molecule has 1 saturated carbocycles. The van der Waals surface area contributed by atoms with Crippen LogP contribution in [0.2, 0.25) is 0 Å². The van der Waals surface area contributed by atoms with Crippen LogP contribution in [0, 0.1) is 5.92 Å². The minimum absolute atomic E-state index is 0.0376. The molecule has 2 unspecified atom stereocenters. The zero-order chi connectivity index (χ0) is 14.0. The van der Waals surface area contributed by atoms with Crippen molar-refractivity contribution in [3.05, 3.63) is 18.2 Å². The summed E-state index contributed by atoms with van der Waals surface area (Å²) < 4.78 is 22.6. The van der Waals surface area contributed by atoms with Crippen molar-refractivity contribution in [2.24, 2.45) is 11.1 Å². The molecule has 0 heterocycles. The fourth-order valence-corrected chi connectivity index (χ4v) is 2.89. The molecule has 19 heavy (non-hydrogen) atoms. The summed E-state index contributed by atoms with van der Waals surface area (Å²) in [7, 11) is -3.72. The smallest absolute Gasteiger partial charge is 0.238 e. The molecule has 1 aromatic rings. The number of nitrogens with two attached hydrogens (primary N) is 2. The first-order valence-electron chi connectivity index (χ1n) is 6.20. The lowest BCUT2D eigenvalue weighted by atomic mass is 10.1. The van der Waals surface area contributed by atoms with Gasteiger partial charge in [-0.2, -0.15) is 0 Å². The van der Waals surface area contributed by atoms with Gasteiger partial charge in [-0.1, -0.05) is 0 Å². The van der Waals surface area contributed by atoms with E-state index in [1.165, 1.54) is 18.2 Å². The van der Waals surface area contributed by atoms with Crippen LogP contribution in [0.1, 0.15) is 19.3 Å². The predicted octanol–water partition coefficient (Wildman–Crippen LogP) is 0.489. The van der Waals surface area contributed by atoms with Crippen molar-refractivity contribution in [2.45, 2.75) is 30.3 Å². The van der Waals surface area contributed by atoms with Crippen LogP contribution in [-0.2, 0) is 10.0 Å². The molecule has 1 fully saturated rings. The summed E-state index contributed by atoms with van der Waals surface area (Å²) in [4.78, 5) is 0.0376. The second-order valence-corrected chi connectivity index (χ2v) is 6.57. The van der Waals surface area contributed by atoms with E-state index in [0.717, 1.165) is 19.3 Å². The van der Waals surface area contributed by atoms with Crippen molar-refractivity contribution in [3.8, 4) is 0 Å². The first-order valence-corrected chi connectivity index (χ1v) is 7.75. The van der Waals surface area contributed by atoms with E-state index in [-0.39, 0.29) is 11.0 Å². The molecule has 2 atom stereocenters. The number of primary sulfonamides is 1. The molecule has 0 spiro atoms. The number of rotatable bonds is 4. The second-order valence-electron chi connectivity index (χ2n) is 5.01. The van der Waals surface area contributed by atoms with Crippen LogP contribution in [0.25, 0.3) is 0 Å². The van der Waals surface area contributed by atoms with Crippen LogP contribution < -0.4 is 16.2 Å². The molecule has 6 nitrogen and oxygen atoms in total. The molecule has 1 aliphatic rings. The molecule has 0 amide bonds. The van der Waals surface area contributed by atoms with Crippen molar-refractivity contribution in [2.75, 3.05) is 17.6 Å². The lowest BCUT2D eigenvalue weighted by molar-refractivity contribution is 0.178. The Morgan fingerprint density at radius 3 is 2.68 bits per heavy atom. The van der Waals surface area contributed by atoms with Crippen molar-refractivity contribution >= 4 is 21.4 Å². The van der Waals surface area contributed by atoms with Gasteiger partial charge < -0.3 is 16.2 Å². The Morgan fingerprint density at radius 1 is 1.37 bits per heavy atom. The van der Waals surface area contributed by atoms with Crippen molar-refractivity contribution in [1.82, 2.24) is 0 Å². The van der Waals surface area contributed by atoms with Gasteiger partial charge in [0.1, 0.15) is 0 Å². The van der Waals surface area contributed by atoms with Crippen LogP contribution in [0.4, 0.5) is 11.4 Å². The van der Waals surface area contributed by atoms with Gasteiger partial charge in [0.2, 0.25) is 10.0 Å². The van der Waals surface area contributed by atoms with Crippen molar-refractivity contribution in [3.63, 3.8) is 0 Å². The van der Waals surface area contributed by atoms with E-state index >= 15 is 0 Å². The molecular weight excluding hydrogens is 266 g/mol. The van der Waals surface area contributed by atoms with Gasteiger partial charge in [0.25, 0.3) is 0 Å². The Hall–Kier alpha value is -1.31. The molecule has 1 aliphatic carbocycles. The van der Waals surface area contributed by atoms with Gasteiger partial charge >= 0.3 is 0 Å². The summed E-state index contributed by atoms with van der Waals surface area (Å²) in [6.45, 7) is 0.662. The van der Waals surface area contributed by atoms with Crippen LogP contribution in [0.5, 0.6) is 0 Å². The number of hydrogen-bond acceptors (Lipinski definition) is 5. The SMILES string of the molecule is Nc1ccc(S(N)(=O)=O)cc1NCC1CCC(O)C1. The lowest BCUT2D eigenvalue weighted by Crippen LogP contribution is -2.15. The van der Waals surface area contributed by atoms with Gasteiger partial charge in [-0.05, 0) is 43.4 Å². The minimum atomic E-state index is -3.72. The first-order chi connectivity index (χ1) is 8.86. The summed E-state index contributed by atoms with van der Waals surface area (Å²) in [5.41, 5.74) is 6.84. The standard InChI is InChI=1S/C12H19N3O3S/c13-11-4-3-10(19(14,17)18)6-12(11)15-7-8-1-2-9(16)5-8/h3-4,6,8-9,15-16H,1-2,5,7,13H2,(H2,14,17,18). The molecule has 0 saturated heterocycles. The highest BCUT2D eigenvalue weighted by Gasteiger charge is 2.22. The number of nitrogens with one attached hydrogen (secondary N) is 1. The average molecular weight is 285 g/mol. The van der Waals surface area contributed by atoms with E-state index < -0.39 is 10.0 Å². The Bertz CT molecular complexity index is 559. The lowest BCUT2D eigenvalue weighted by Gasteiger charge is -2.14. The summed E-state index contributed by atoms with van der Waals surface area (Å²) in [5.74, 6) is 0.382. The maximum Gasteiger partial charge on any atom is 0.238 e. The largest absolute Gasteiger partial charge is 0.397 e. The third kappa shape index (κ3) is 3.59. The summed E-state index contributed by atoms with van der Waals surface area (Å²) in [5, 5.41) is 17.7. The van der Waals surface area contributed by atoms with E-state index in [0.29, 0.717) is 23.8 Å². The number of aliphatic hydroxyl groups excluding tert-OH is 1. The second kappa shape index (κ2) is 5.36. The number of nitrogen functional groups attached to an aromatic ring is 1. The molecule has 2 rings (SSSR count). The molecule has 6 N–H and O–H groups in total. The van der Waals surface area contributed by atoms with Gasteiger partial charge in [-0.25, -0.2) is 13.6 Å². The third-order valence-corrected chi connectivity index (χ3v) is 4.36. The summed E-state index contributed by atoms with van der Waals surface area (Å²) >= 11 is 0. The van der Waals surface area contributed by atoms with E-state index in [9.17, 15) is 13.5 Å². The van der Waals surface area contributed by atoms with Gasteiger partial charge in [0, 0.05) is 6.54 Å². The highest BCUT2D eigenvalue weighted by molar-refractivity contribution is 7.89. The Labute approximate surface area is 112 Å². The van der Waals surface area contributed by atoms with Crippen molar-refractivity contribution in [1.29, 1.82) is 0 Å². The number of benzene rings is 1. The van der Waals surface area contributed by atoms with Gasteiger partial charge in [-0.3, -0.25) is 0 Å². The summed E-state index contributed by atoms with van der Waals surface area (Å²) in [6, 6.07) is 4.34. The first kappa shape index (κ1) is 14.1. The fourth-order valence-electron chi connectivity index (χ4n) is 2.35. The quantitative estimate of drug-likeness (QED) is 0.600. The number of aliphatic hydroxyl groups is 1. The van der Waals surface area contributed by atoms with E-state index in [1.54, 1.807) is 0 Å². The highest BCUT2D eigenvalue weighted by Crippen LogP contribution is 2.27. The van der Waals surface area contributed by atoms with Crippen LogP contribution in [-0.4, -0.2) is 26.2 Å². The Morgan fingerprint density at radius 2 is 2.11 bits per heavy atom. The normalized spacial score (nSPS) is 23.5. The maximum absolute atomic E-state index is 11.3. The molecule has 1 aromatic carbocycles. The molecule has 106 valence electrons. The van der Waals surface area contributed by atoms with Gasteiger partial charge in [-0.15, -0.1) is 0 Å². The molecular formula is C12H19N3O3S. The van der Waals surface area contributed by atoms with Crippen molar-refractivity contribution < 1.29 is 13.5 Å². The van der Waals surface area contributed by atoms with Gasteiger partial charge in [0.05, 0.1) is 22.4 Å². The Kier molecular flexibility index (Phi) is 3.98. The molecule has 0 radical (unpaired) electrons. The molecule has 0 aromatic heterocycles. The highest BCUT2D eigenvalue weighted by atomic mass is 32.2. The van der Waals surface area contributed by atoms with Gasteiger partial charge in [0.15, 0.2) is 0 Å². The number of anilines is 2. The Balaban J connectivity index is 2.07. The zero-order valence-electron chi connectivity index (χ0n) is 10.5. The fraction of sp³-hybridized carbons (Fsp3) is 0.500. The maximum atomic E-state index is 11.3. The van der Waals surface area contributed by atoms with E-state index in [2.05, 4.69) is 5.32 Å². The topological polar surface area (TPSA) is 118 Å². The molecule has 7 heteroatoms. The number of hydrogen-bond donors (Lipinski definition) is 4. The van der Waals surface area contributed by atoms with Crippen LogP contribution in [0.3, 0.4) is 0 Å². The predicted molar refractivity (Wildman–Crippen MR) is 74.1 cm³/mol. The summed E-state index contributed by atoms with van der Waals surface area (Å²) in [6.07, 6.45) is 2.32. The zero-order valence-corrected chi connectivity index (χ0v) is 11.4. The molecule has 0 bridgehead atoms. The van der Waals surface area contributed by atoms with E-state index in [1.807, 2.05) is 0 Å². The molecule has 0 aliphatic heterocycles. The third-order valence-electron chi connectivity index (χ3n) is 3.45. The number of sulfonamides is 1.